The predicted octanol–water partition coefficient (Wildman–Crippen LogP) is 2.64. The zero-order valence-electron chi connectivity index (χ0n) is 9.87. The molecule has 1 heterocycles. The number of alkyl halides is 3. The van der Waals surface area contributed by atoms with Gasteiger partial charge in [0.05, 0.1) is 0 Å². The predicted molar refractivity (Wildman–Crippen MR) is 63.0 cm³/mol. The van der Waals surface area contributed by atoms with Crippen molar-refractivity contribution in [2.45, 2.75) is 31.5 Å². The molecule has 2 atom stereocenters. The van der Waals surface area contributed by atoms with Crippen LogP contribution in [0.1, 0.15) is 25.0 Å². The van der Waals surface area contributed by atoms with Crippen LogP contribution in [0.25, 0.3) is 0 Å². The molecule has 100 valence electrons. The third kappa shape index (κ3) is 3.35. The minimum absolute atomic E-state index is 0.228. The van der Waals surface area contributed by atoms with Gasteiger partial charge in [-0.2, -0.15) is 13.2 Å². The summed E-state index contributed by atoms with van der Waals surface area (Å²) in [6.45, 7) is 0.627. The molecule has 0 radical (unpaired) electrons. The smallest absolute Gasteiger partial charge is 0.370 e. The van der Waals surface area contributed by atoms with Crippen molar-refractivity contribution >= 4 is 5.82 Å². The molecule has 0 bridgehead atoms. The molecule has 1 fully saturated rings. The van der Waals surface area contributed by atoms with Crippen LogP contribution < -0.4 is 11.1 Å². The summed E-state index contributed by atoms with van der Waals surface area (Å²) in [6.07, 6.45) is -1.46. The van der Waals surface area contributed by atoms with Gasteiger partial charge in [0.15, 0.2) is 0 Å². The van der Waals surface area contributed by atoms with Gasteiger partial charge in [-0.1, -0.05) is 6.07 Å². The highest BCUT2D eigenvalue weighted by Crippen LogP contribution is 2.28. The first-order chi connectivity index (χ1) is 8.45. The van der Waals surface area contributed by atoms with E-state index in [9.17, 15) is 13.2 Å². The molecule has 18 heavy (non-hydrogen) atoms. The molecule has 0 aromatic carbocycles. The van der Waals surface area contributed by atoms with Crippen LogP contribution in [0.5, 0.6) is 0 Å². The van der Waals surface area contributed by atoms with Gasteiger partial charge in [-0.15, -0.1) is 0 Å². The molecule has 1 aliphatic rings. The zero-order chi connectivity index (χ0) is 13.2. The van der Waals surface area contributed by atoms with Crippen molar-refractivity contribution in [1.82, 2.24) is 4.98 Å². The SMILES string of the molecule is NC1CCC(CNc2cccc(C(F)(F)F)n2)C1. The first-order valence-electron chi connectivity index (χ1n) is 5.99. The maximum absolute atomic E-state index is 12.5. The van der Waals surface area contributed by atoms with E-state index in [-0.39, 0.29) is 11.9 Å². The van der Waals surface area contributed by atoms with Crippen LogP contribution in [0.2, 0.25) is 0 Å². The van der Waals surface area contributed by atoms with Crippen molar-refractivity contribution in [3.05, 3.63) is 23.9 Å². The molecule has 6 heteroatoms. The van der Waals surface area contributed by atoms with E-state index < -0.39 is 11.9 Å². The van der Waals surface area contributed by atoms with Crippen LogP contribution >= 0.6 is 0 Å². The summed E-state index contributed by atoms with van der Waals surface area (Å²) in [5, 5.41) is 2.95. The van der Waals surface area contributed by atoms with Crippen molar-refractivity contribution in [1.29, 1.82) is 0 Å². The standard InChI is InChI=1S/C12H16F3N3/c13-12(14,15)10-2-1-3-11(18-10)17-7-8-4-5-9(16)6-8/h1-3,8-9H,4-7,16H2,(H,17,18). The van der Waals surface area contributed by atoms with Crippen molar-refractivity contribution in [2.75, 3.05) is 11.9 Å². The van der Waals surface area contributed by atoms with Gasteiger partial charge in [-0.3, -0.25) is 0 Å². The summed E-state index contributed by atoms with van der Waals surface area (Å²) in [7, 11) is 0. The van der Waals surface area contributed by atoms with Crippen molar-refractivity contribution < 1.29 is 13.2 Å². The Morgan fingerprint density at radius 1 is 1.33 bits per heavy atom. The van der Waals surface area contributed by atoms with Crippen LogP contribution in [0.15, 0.2) is 18.2 Å². The molecule has 0 amide bonds. The van der Waals surface area contributed by atoms with Gasteiger partial charge in [0.1, 0.15) is 11.5 Å². The number of hydrogen-bond acceptors (Lipinski definition) is 3. The second-order valence-corrected chi connectivity index (χ2v) is 4.73. The molecule has 1 aromatic rings. The molecule has 0 saturated heterocycles. The fraction of sp³-hybridized carbons (Fsp3) is 0.583. The Kier molecular flexibility index (Phi) is 3.75. The van der Waals surface area contributed by atoms with E-state index in [1.165, 1.54) is 6.07 Å². The zero-order valence-corrected chi connectivity index (χ0v) is 9.87. The van der Waals surface area contributed by atoms with E-state index in [0.29, 0.717) is 12.5 Å². The van der Waals surface area contributed by atoms with Gasteiger partial charge in [0.2, 0.25) is 0 Å². The molecule has 2 unspecified atom stereocenters. The molecule has 3 nitrogen and oxygen atoms in total. The topological polar surface area (TPSA) is 50.9 Å². The summed E-state index contributed by atoms with van der Waals surface area (Å²) < 4.78 is 37.4. The Balaban J connectivity index is 1.93. The van der Waals surface area contributed by atoms with Crippen LogP contribution in [0.4, 0.5) is 19.0 Å². The molecule has 1 saturated carbocycles. The third-order valence-corrected chi connectivity index (χ3v) is 3.19. The highest BCUT2D eigenvalue weighted by Gasteiger charge is 2.32. The number of nitrogens with two attached hydrogens (primary N) is 1. The highest BCUT2D eigenvalue weighted by atomic mass is 19.4. The van der Waals surface area contributed by atoms with Crippen molar-refractivity contribution in [2.24, 2.45) is 11.7 Å². The van der Waals surface area contributed by atoms with Gasteiger partial charge < -0.3 is 11.1 Å². The normalized spacial score (nSPS) is 24.2. The minimum atomic E-state index is -4.40. The van der Waals surface area contributed by atoms with E-state index in [1.807, 2.05) is 0 Å². The Hall–Kier alpha value is -1.30. The molecular formula is C12H16F3N3. The van der Waals surface area contributed by atoms with Gasteiger partial charge in [-0.25, -0.2) is 4.98 Å². The molecule has 1 aromatic heterocycles. The number of pyridine rings is 1. The first-order valence-corrected chi connectivity index (χ1v) is 5.99. The lowest BCUT2D eigenvalue weighted by molar-refractivity contribution is -0.141. The number of hydrogen-bond donors (Lipinski definition) is 2. The lowest BCUT2D eigenvalue weighted by Crippen LogP contribution is -2.18. The minimum Gasteiger partial charge on any atom is -0.370 e. The van der Waals surface area contributed by atoms with E-state index in [2.05, 4.69) is 10.3 Å². The number of halogens is 3. The first kappa shape index (κ1) is 13.1. The van der Waals surface area contributed by atoms with Gasteiger partial charge >= 0.3 is 6.18 Å². The average Bonchev–Trinajstić information content (AvgIpc) is 2.72. The number of aromatic nitrogens is 1. The average molecular weight is 259 g/mol. The van der Waals surface area contributed by atoms with Crippen LogP contribution in [0, 0.1) is 5.92 Å². The highest BCUT2D eigenvalue weighted by molar-refractivity contribution is 5.36. The van der Waals surface area contributed by atoms with Crippen LogP contribution in [-0.2, 0) is 6.18 Å². The van der Waals surface area contributed by atoms with Gasteiger partial charge in [-0.05, 0) is 37.3 Å². The summed E-state index contributed by atoms with van der Waals surface area (Å²) in [6, 6.07) is 4.10. The Labute approximate surface area is 104 Å². The summed E-state index contributed by atoms with van der Waals surface area (Å²) >= 11 is 0. The molecule has 3 N–H and O–H groups in total. The Morgan fingerprint density at radius 3 is 2.72 bits per heavy atom. The summed E-state index contributed by atoms with van der Waals surface area (Å²) in [4.78, 5) is 3.56. The van der Waals surface area contributed by atoms with E-state index >= 15 is 0 Å². The maximum atomic E-state index is 12.5. The van der Waals surface area contributed by atoms with Crippen molar-refractivity contribution in [3.8, 4) is 0 Å². The second kappa shape index (κ2) is 5.14. The van der Waals surface area contributed by atoms with Crippen molar-refractivity contribution in [3.63, 3.8) is 0 Å². The Morgan fingerprint density at radius 2 is 2.11 bits per heavy atom. The van der Waals surface area contributed by atoms with E-state index in [0.717, 1.165) is 25.3 Å². The maximum Gasteiger partial charge on any atom is 0.433 e. The fourth-order valence-corrected chi connectivity index (χ4v) is 2.24. The number of anilines is 1. The lowest BCUT2D eigenvalue weighted by Gasteiger charge is -2.13. The number of rotatable bonds is 3. The number of nitrogens with one attached hydrogen (secondary N) is 1. The monoisotopic (exact) mass is 259 g/mol. The van der Waals surface area contributed by atoms with E-state index in [4.69, 9.17) is 5.73 Å². The van der Waals surface area contributed by atoms with Gasteiger partial charge in [0, 0.05) is 12.6 Å². The summed E-state index contributed by atoms with van der Waals surface area (Å²) in [5.74, 6) is 0.696. The quantitative estimate of drug-likeness (QED) is 0.877. The fourth-order valence-electron chi connectivity index (χ4n) is 2.24. The molecular weight excluding hydrogens is 243 g/mol. The van der Waals surface area contributed by atoms with Crippen LogP contribution in [0.3, 0.4) is 0 Å². The third-order valence-electron chi connectivity index (χ3n) is 3.19. The number of nitrogens with zero attached hydrogens (tertiary/aromatic N) is 1. The second-order valence-electron chi connectivity index (χ2n) is 4.73. The Bertz CT molecular complexity index is 406. The molecule has 2 rings (SSSR count). The van der Waals surface area contributed by atoms with E-state index in [1.54, 1.807) is 6.07 Å². The largest absolute Gasteiger partial charge is 0.433 e. The summed E-state index contributed by atoms with van der Waals surface area (Å²) in [5.41, 5.74) is 4.92. The molecule has 0 spiro atoms. The molecule has 0 aliphatic heterocycles. The molecule has 1 aliphatic carbocycles. The van der Waals surface area contributed by atoms with Gasteiger partial charge in [0.25, 0.3) is 0 Å². The lowest BCUT2D eigenvalue weighted by atomic mass is 10.1. The van der Waals surface area contributed by atoms with Crippen LogP contribution in [-0.4, -0.2) is 17.6 Å².